The largest absolute Gasteiger partial charge is 0.493 e. The van der Waals surface area contributed by atoms with Crippen LogP contribution < -0.4 is 18.9 Å². The number of hydrogen-bond donors (Lipinski definition) is 0. The van der Waals surface area contributed by atoms with E-state index in [9.17, 15) is 0 Å². The molecule has 32 heavy (non-hydrogen) atoms. The predicted molar refractivity (Wildman–Crippen MR) is 120 cm³/mol. The number of benzene rings is 2. The van der Waals surface area contributed by atoms with Crippen molar-refractivity contribution in [1.29, 1.82) is 0 Å². The Balaban J connectivity index is 2.21. The molecule has 0 saturated heterocycles. The lowest BCUT2D eigenvalue weighted by molar-refractivity contribution is 0.353. The average molecular weight is 438 g/mol. The van der Waals surface area contributed by atoms with Gasteiger partial charge >= 0.3 is 0 Å². The van der Waals surface area contributed by atoms with Gasteiger partial charge in [-0.1, -0.05) is 16.3 Å². The van der Waals surface area contributed by atoms with Gasteiger partial charge in [0, 0.05) is 28.8 Å². The monoisotopic (exact) mass is 438 g/mol. The van der Waals surface area contributed by atoms with Gasteiger partial charge in [-0.15, -0.1) is 0 Å². The maximum atomic E-state index is 9.03. The molecule has 3 atom stereocenters. The van der Waals surface area contributed by atoms with Crippen LogP contribution in [-0.2, 0) is 0 Å². The third kappa shape index (κ3) is 4.32. The van der Waals surface area contributed by atoms with Gasteiger partial charge in [0.15, 0.2) is 23.0 Å². The Hall–Kier alpha value is -3.74. The molecule has 0 saturated carbocycles. The van der Waals surface area contributed by atoms with Crippen LogP contribution in [0, 0.1) is 5.92 Å². The summed E-state index contributed by atoms with van der Waals surface area (Å²) < 4.78 is 22.0. The highest BCUT2D eigenvalue weighted by atomic mass is 16.5. The Kier molecular flexibility index (Phi) is 7.54. The molecule has 10 nitrogen and oxygen atoms in total. The molecule has 3 rings (SSSR count). The first-order chi connectivity index (χ1) is 15.6. The van der Waals surface area contributed by atoms with Crippen LogP contribution in [0.4, 0.5) is 0 Å². The summed E-state index contributed by atoms with van der Waals surface area (Å²) in [6.07, 6.45) is 0.613. The van der Waals surface area contributed by atoms with Gasteiger partial charge in [-0.3, -0.25) is 0 Å². The second kappa shape index (κ2) is 10.5. The fourth-order valence-electron chi connectivity index (χ4n) is 4.64. The summed E-state index contributed by atoms with van der Waals surface area (Å²) in [4.78, 5) is 5.89. The molecule has 2 aromatic carbocycles. The lowest BCUT2D eigenvalue weighted by Crippen LogP contribution is -2.17. The predicted octanol–water partition coefficient (Wildman–Crippen LogP) is 5.58. The second-order valence-electron chi connectivity index (χ2n) is 7.36. The van der Waals surface area contributed by atoms with Crippen LogP contribution in [0.5, 0.6) is 23.0 Å². The highest BCUT2D eigenvalue weighted by Gasteiger charge is 2.42. The van der Waals surface area contributed by atoms with Crippen molar-refractivity contribution in [1.82, 2.24) is 0 Å². The van der Waals surface area contributed by atoms with Crippen LogP contribution in [0.2, 0.25) is 0 Å². The minimum Gasteiger partial charge on any atom is -0.493 e. The highest BCUT2D eigenvalue weighted by molar-refractivity contribution is 5.57. The van der Waals surface area contributed by atoms with Crippen molar-refractivity contribution in [2.24, 2.45) is 16.1 Å². The molecular weight excluding hydrogens is 412 g/mol. The van der Waals surface area contributed by atoms with E-state index in [0.717, 1.165) is 16.7 Å². The summed E-state index contributed by atoms with van der Waals surface area (Å²) in [5.41, 5.74) is 20.9. The molecule has 168 valence electrons. The van der Waals surface area contributed by atoms with Crippen molar-refractivity contribution in [2.45, 2.75) is 18.3 Å². The molecule has 0 bridgehead atoms. The zero-order valence-corrected chi connectivity index (χ0v) is 18.6. The van der Waals surface area contributed by atoms with E-state index in [2.05, 4.69) is 20.1 Å². The third-order valence-electron chi connectivity index (χ3n) is 5.99. The first kappa shape index (κ1) is 22.9. The van der Waals surface area contributed by atoms with Gasteiger partial charge in [-0.25, -0.2) is 0 Å². The highest BCUT2D eigenvalue weighted by Crippen LogP contribution is 2.54. The van der Waals surface area contributed by atoms with E-state index in [4.69, 9.17) is 30.0 Å². The van der Waals surface area contributed by atoms with Crippen molar-refractivity contribution in [3.05, 3.63) is 67.9 Å². The first-order valence-corrected chi connectivity index (χ1v) is 10.1. The van der Waals surface area contributed by atoms with Gasteiger partial charge in [-0.05, 0) is 70.3 Å². The molecule has 3 unspecified atom stereocenters. The fraction of sp³-hybridized carbons (Fsp3) is 0.455. The van der Waals surface area contributed by atoms with Crippen molar-refractivity contribution in [2.75, 3.05) is 41.5 Å². The standard InChI is InChI=1S/C22H26N6O4/c1-29-18-6-5-13(9-19(18)30-2)22-16-11-21(32-4)20(31-3)10-15(16)14(7-8-25-27-23)17(22)12-26-28-24/h5-6,9-11,14,17,22H,7-8,12H2,1-4H3. The molecule has 0 fully saturated rings. The smallest absolute Gasteiger partial charge is 0.161 e. The van der Waals surface area contributed by atoms with E-state index in [-0.39, 0.29) is 24.3 Å². The van der Waals surface area contributed by atoms with Crippen LogP contribution in [0.25, 0.3) is 20.9 Å². The zero-order valence-electron chi connectivity index (χ0n) is 18.6. The van der Waals surface area contributed by atoms with Gasteiger partial charge < -0.3 is 18.9 Å². The van der Waals surface area contributed by atoms with Gasteiger partial charge in [0.05, 0.1) is 28.4 Å². The van der Waals surface area contributed by atoms with E-state index >= 15 is 0 Å². The van der Waals surface area contributed by atoms with Crippen molar-refractivity contribution in [3.8, 4) is 23.0 Å². The summed E-state index contributed by atoms with van der Waals surface area (Å²) in [6, 6.07) is 9.76. The maximum absolute atomic E-state index is 9.03. The number of fused-ring (bicyclic) bond motifs is 1. The van der Waals surface area contributed by atoms with Gasteiger partial charge in [-0.2, -0.15) is 0 Å². The van der Waals surface area contributed by atoms with E-state index in [1.54, 1.807) is 28.4 Å². The number of rotatable bonds is 10. The van der Waals surface area contributed by atoms with Gasteiger partial charge in [0.1, 0.15) is 0 Å². The fourth-order valence-corrected chi connectivity index (χ4v) is 4.64. The summed E-state index contributed by atoms with van der Waals surface area (Å²) >= 11 is 0. The van der Waals surface area contributed by atoms with Crippen LogP contribution >= 0.6 is 0 Å². The van der Waals surface area contributed by atoms with E-state index < -0.39 is 0 Å². The Bertz CT molecular complexity index is 1060. The number of ether oxygens (including phenoxy) is 4. The van der Waals surface area contributed by atoms with Crippen LogP contribution in [0.3, 0.4) is 0 Å². The van der Waals surface area contributed by atoms with Gasteiger partial charge in [0.25, 0.3) is 0 Å². The molecule has 0 spiro atoms. The molecule has 1 aliphatic rings. The number of nitrogens with zero attached hydrogens (tertiary/aromatic N) is 6. The number of hydrogen-bond acceptors (Lipinski definition) is 6. The summed E-state index contributed by atoms with van der Waals surface area (Å²) in [5, 5.41) is 7.64. The van der Waals surface area contributed by atoms with E-state index in [1.165, 1.54) is 0 Å². The summed E-state index contributed by atoms with van der Waals surface area (Å²) in [5.74, 6) is 2.35. The Morgan fingerprint density at radius 3 is 1.97 bits per heavy atom. The quantitative estimate of drug-likeness (QED) is 0.272. The summed E-state index contributed by atoms with van der Waals surface area (Å²) in [7, 11) is 6.38. The topological polar surface area (TPSA) is 134 Å². The van der Waals surface area contributed by atoms with E-state index in [0.29, 0.717) is 36.0 Å². The lowest BCUT2D eigenvalue weighted by Gasteiger charge is -2.25. The molecule has 2 aromatic rings. The van der Waals surface area contributed by atoms with Crippen molar-refractivity contribution >= 4 is 0 Å². The third-order valence-corrected chi connectivity index (χ3v) is 5.99. The number of methoxy groups -OCH3 is 4. The molecule has 0 aromatic heterocycles. The van der Waals surface area contributed by atoms with Crippen LogP contribution in [-0.4, -0.2) is 41.5 Å². The first-order valence-electron chi connectivity index (χ1n) is 10.1. The zero-order chi connectivity index (χ0) is 23.1. The molecule has 10 heteroatoms. The molecular formula is C22H26N6O4. The maximum Gasteiger partial charge on any atom is 0.161 e. The molecule has 0 aliphatic heterocycles. The normalized spacial score (nSPS) is 18.7. The molecule has 1 aliphatic carbocycles. The molecule has 0 radical (unpaired) electrons. The Morgan fingerprint density at radius 2 is 1.38 bits per heavy atom. The Morgan fingerprint density at radius 1 is 0.781 bits per heavy atom. The van der Waals surface area contributed by atoms with Crippen LogP contribution in [0.1, 0.15) is 34.9 Å². The minimum absolute atomic E-state index is 0.00102. The Labute approximate surface area is 186 Å². The SMILES string of the molecule is COc1ccc(C2c3cc(OC)c(OC)cc3C(CCN=[N+]=[N-])C2CN=[N+]=[N-])cc1OC. The summed E-state index contributed by atoms with van der Waals surface area (Å²) in [6.45, 7) is 0.621. The van der Waals surface area contributed by atoms with E-state index in [1.807, 2.05) is 30.3 Å². The molecule has 0 heterocycles. The average Bonchev–Trinajstić information content (AvgIpc) is 3.13. The van der Waals surface area contributed by atoms with Crippen molar-refractivity contribution in [3.63, 3.8) is 0 Å². The molecule has 0 N–H and O–H groups in total. The lowest BCUT2D eigenvalue weighted by atomic mass is 9.81. The van der Waals surface area contributed by atoms with Crippen LogP contribution in [0.15, 0.2) is 40.6 Å². The molecule has 0 amide bonds. The minimum atomic E-state index is -0.0915. The second-order valence-corrected chi connectivity index (χ2v) is 7.36. The van der Waals surface area contributed by atoms with Gasteiger partial charge in [0.2, 0.25) is 0 Å². The number of azide groups is 2. The van der Waals surface area contributed by atoms with Crippen molar-refractivity contribution < 1.29 is 18.9 Å².